The third kappa shape index (κ3) is 7.01. The standard InChI is InChI=1S/C25H32N4O4.2ClH/c1-2-28(15-16-30)21-9-7-20(8-10-21)26-24(31)17-27-13-11-22(12-14-27)29-23-6-4-3-5-19(23)18-33-25(29)32;;/h3-10,22,30H,2,11-18H2,1H3,(H,26,31);2*1H. The van der Waals surface area contributed by atoms with Crippen molar-refractivity contribution >= 4 is 53.9 Å². The number of hydrogen-bond acceptors (Lipinski definition) is 6. The number of piperidine rings is 1. The van der Waals surface area contributed by atoms with Crippen LogP contribution >= 0.6 is 24.8 Å². The van der Waals surface area contributed by atoms with Crippen LogP contribution in [-0.4, -0.2) is 67.4 Å². The summed E-state index contributed by atoms with van der Waals surface area (Å²) in [5.74, 6) is -0.0494. The van der Waals surface area contributed by atoms with E-state index >= 15 is 0 Å². The molecule has 0 spiro atoms. The SMILES string of the molecule is CCN(CCO)c1ccc(NC(=O)CN2CCC(N3C(=O)OCc4ccccc43)CC2)cc1.Cl.Cl. The molecule has 0 bridgehead atoms. The molecule has 2 aromatic rings. The number of cyclic esters (lactones) is 1. The first-order valence-corrected chi connectivity index (χ1v) is 11.6. The summed E-state index contributed by atoms with van der Waals surface area (Å²) in [5.41, 5.74) is 3.74. The molecule has 35 heavy (non-hydrogen) atoms. The highest BCUT2D eigenvalue weighted by atomic mass is 35.5. The normalized spacial score (nSPS) is 15.8. The van der Waals surface area contributed by atoms with Crippen molar-refractivity contribution in [3.05, 3.63) is 54.1 Å². The highest BCUT2D eigenvalue weighted by molar-refractivity contribution is 5.92. The van der Waals surface area contributed by atoms with Crippen LogP contribution in [0.2, 0.25) is 0 Å². The fourth-order valence-electron chi connectivity index (χ4n) is 4.61. The molecule has 2 amide bonds. The quantitative estimate of drug-likeness (QED) is 0.544. The summed E-state index contributed by atoms with van der Waals surface area (Å²) in [6.45, 7) is 5.67. The maximum atomic E-state index is 12.6. The first kappa shape index (κ1) is 28.7. The highest BCUT2D eigenvalue weighted by Gasteiger charge is 2.34. The van der Waals surface area contributed by atoms with Crippen LogP contribution in [0.15, 0.2) is 48.5 Å². The Morgan fingerprint density at radius 3 is 2.46 bits per heavy atom. The number of nitrogens with zero attached hydrogens (tertiary/aromatic N) is 3. The number of hydrogen-bond donors (Lipinski definition) is 2. The number of likely N-dealkylation sites (tertiary alicyclic amines) is 1. The third-order valence-electron chi connectivity index (χ3n) is 6.36. The molecule has 2 heterocycles. The lowest BCUT2D eigenvalue weighted by molar-refractivity contribution is -0.117. The van der Waals surface area contributed by atoms with Gasteiger partial charge in [-0.2, -0.15) is 0 Å². The monoisotopic (exact) mass is 524 g/mol. The van der Waals surface area contributed by atoms with Crippen molar-refractivity contribution < 1.29 is 19.4 Å². The molecule has 2 aliphatic rings. The fourth-order valence-corrected chi connectivity index (χ4v) is 4.61. The molecule has 2 N–H and O–H groups in total. The number of aliphatic hydroxyl groups excluding tert-OH is 1. The van der Waals surface area contributed by atoms with E-state index in [1.54, 1.807) is 4.90 Å². The Morgan fingerprint density at radius 2 is 1.80 bits per heavy atom. The Morgan fingerprint density at radius 1 is 1.11 bits per heavy atom. The minimum atomic E-state index is -0.283. The number of halogens is 2. The zero-order valence-electron chi connectivity index (χ0n) is 19.9. The van der Waals surface area contributed by atoms with Crippen molar-refractivity contribution in [2.45, 2.75) is 32.4 Å². The van der Waals surface area contributed by atoms with Crippen LogP contribution in [0.1, 0.15) is 25.3 Å². The van der Waals surface area contributed by atoms with Gasteiger partial charge in [-0.05, 0) is 50.1 Å². The Labute approximate surface area is 219 Å². The van der Waals surface area contributed by atoms with Gasteiger partial charge in [-0.3, -0.25) is 14.6 Å². The fraction of sp³-hybridized carbons (Fsp3) is 0.440. The van der Waals surface area contributed by atoms with E-state index in [0.717, 1.165) is 55.1 Å². The number of likely N-dealkylation sites (N-methyl/N-ethyl adjacent to an activating group) is 1. The van der Waals surface area contributed by atoms with Crippen LogP contribution in [-0.2, 0) is 16.1 Å². The molecule has 1 fully saturated rings. The van der Waals surface area contributed by atoms with Gasteiger partial charge < -0.3 is 20.1 Å². The maximum Gasteiger partial charge on any atom is 0.414 e. The number of ether oxygens (including phenoxy) is 1. The summed E-state index contributed by atoms with van der Waals surface area (Å²) < 4.78 is 5.37. The lowest BCUT2D eigenvalue weighted by Crippen LogP contribution is -2.50. The summed E-state index contributed by atoms with van der Waals surface area (Å²) in [4.78, 5) is 31.0. The van der Waals surface area contributed by atoms with E-state index in [4.69, 9.17) is 4.74 Å². The number of nitrogens with one attached hydrogen (secondary N) is 1. The van der Waals surface area contributed by atoms with Crippen LogP contribution in [0.25, 0.3) is 0 Å². The van der Waals surface area contributed by atoms with Gasteiger partial charge in [-0.1, -0.05) is 18.2 Å². The van der Waals surface area contributed by atoms with Gasteiger partial charge in [0.25, 0.3) is 0 Å². The van der Waals surface area contributed by atoms with E-state index in [1.807, 2.05) is 55.5 Å². The van der Waals surface area contributed by atoms with E-state index in [-0.39, 0.29) is 49.5 Å². The van der Waals surface area contributed by atoms with Crippen molar-refractivity contribution in [1.29, 1.82) is 0 Å². The van der Waals surface area contributed by atoms with Gasteiger partial charge in [0, 0.05) is 49.2 Å². The van der Waals surface area contributed by atoms with Crippen molar-refractivity contribution in [2.24, 2.45) is 0 Å². The number of amides is 2. The number of rotatable bonds is 8. The third-order valence-corrected chi connectivity index (χ3v) is 6.36. The highest BCUT2D eigenvalue weighted by Crippen LogP contribution is 2.31. The first-order chi connectivity index (χ1) is 16.1. The lowest BCUT2D eigenvalue weighted by Gasteiger charge is -2.40. The number of benzene rings is 2. The van der Waals surface area contributed by atoms with Gasteiger partial charge in [0.2, 0.25) is 5.91 Å². The Bertz CT molecular complexity index is 968. The second-order valence-electron chi connectivity index (χ2n) is 8.46. The van der Waals surface area contributed by atoms with Crippen molar-refractivity contribution in [2.75, 3.05) is 54.4 Å². The second kappa shape index (κ2) is 13.5. The average Bonchev–Trinajstić information content (AvgIpc) is 2.84. The van der Waals surface area contributed by atoms with Gasteiger partial charge in [0.05, 0.1) is 18.8 Å². The molecule has 10 heteroatoms. The zero-order chi connectivity index (χ0) is 23.2. The molecule has 0 radical (unpaired) electrons. The Hall–Kier alpha value is -2.52. The maximum absolute atomic E-state index is 12.6. The number of carbonyl (C=O) groups excluding carboxylic acids is 2. The van der Waals surface area contributed by atoms with Gasteiger partial charge >= 0.3 is 6.09 Å². The Kier molecular flexibility index (Phi) is 11.1. The molecule has 8 nitrogen and oxygen atoms in total. The molecule has 2 aromatic carbocycles. The van der Waals surface area contributed by atoms with Crippen LogP contribution in [0.5, 0.6) is 0 Å². The molecule has 0 atom stereocenters. The molecule has 2 aliphatic heterocycles. The van der Waals surface area contributed by atoms with E-state index in [2.05, 4.69) is 15.1 Å². The molecule has 0 aliphatic carbocycles. The van der Waals surface area contributed by atoms with Crippen molar-refractivity contribution in [3.63, 3.8) is 0 Å². The summed E-state index contributed by atoms with van der Waals surface area (Å²) in [5, 5.41) is 12.1. The largest absolute Gasteiger partial charge is 0.444 e. The molecule has 0 unspecified atom stereocenters. The lowest BCUT2D eigenvalue weighted by atomic mass is 10.0. The van der Waals surface area contributed by atoms with Crippen molar-refractivity contribution in [3.8, 4) is 0 Å². The summed E-state index contributed by atoms with van der Waals surface area (Å²) >= 11 is 0. The molecular formula is C25H34Cl2N4O4. The number of para-hydroxylation sites is 1. The Balaban J connectivity index is 0.00000216. The summed E-state index contributed by atoms with van der Waals surface area (Å²) in [7, 11) is 0. The van der Waals surface area contributed by atoms with Crippen LogP contribution in [0.3, 0.4) is 0 Å². The molecule has 192 valence electrons. The molecule has 0 aromatic heterocycles. The number of aliphatic hydroxyl groups is 1. The number of fused-ring (bicyclic) bond motifs is 1. The number of carbonyl (C=O) groups is 2. The van der Waals surface area contributed by atoms with Gasteiger partial charge in [0.15, 0.2) is 0 Å². The van der Waals surface area contributed by atoms with Crippen molar-refractivity contribution in [1.82, 2.24) is 4.90 Å². The first-order valence-electron chi connectivity index (χ1n) is 11.6. The van der Waals surface area contributed by atoms with E-state index in [9.17, 15) is 14.7 Å². The van der Waals surface area contributed by atoms with E-state index in [0.29, 0.717) is 19.7 Å². The van der Waals surface area contributed by atoms with E-state index in [1.165, 1.54) is 0 Å². The van der Waals surface area contributed by atoms with Gasteiger partial charge in [0.1, 0.15) is 6.61 Å². The average molecular weight is 525 g/mol. The molecule has 4 rings (SSSR count). The predicted octanol–water partition coefficient (Wildman–Crippen LogP) is 3.91. The van der Waals surface area contributed by atoms with Gasteiger partial charge in [-0.25, -0.2) is 4.79 Å². The van der Waals surface area contributed by atoms with Crippen LogP contribution in [0.4, 0.5) is 21.9 Å². The smallest absolute Gasteiger partial charge is 0.414 e. The summed E-state index contributed by atoms with van der Waals surface area (Å²) in [6.07, 6.45) is 1.31. The van der Waals surface area contributed by atoms with Gasteiger partial charge in [-0.15, -0.1) is 24.8 Å². The topological polar surface area (TPSA) is 85.4 Å². The second-order valence-corrected chi connectivity index (χ2v) is 8.46. The minimum Gasteiger partial charge on any atom is -0.444 e. The molecular weight excluding hydrogens is 491 g/mol. The predicted molar refractivity (Wildman–Crippen MR) is 143 cm³/mol. The number of anilines is 3. The minimum absolute atomic E-state index is 0. The molecule has 1 saturated heterocycles. The zero-order valence-corrected chi connectivity index (χ0v) is 21.5. The van der Waals surface area contributed by atoms with Crippen LogP contribution in [0, 0.1) is 0 Å². The molecule has 0 saturated carbocycles. The van der Waals surface area contributed by atoms with Crippen LogP contribution < -0.4 is 15.1 Å². The van der Waals surface area contributed by atoms with E-state index < -0.39 is 0 Å². The summed E-state index contributed by atoms with van der Waals surface area (Å²) in [6, 6.07) is 15.6.